The van der Waals surface area contributed by atoms with Crippen molar-refractivity contribution < 1.29 is 4.79 Å². The number of pyridine rings is 1. The second-order valence-electron chi connectivity index (χ2n) is 7.65. The maximum Gasteiger partial charge on any atom is 0.255 e. The van der Waals surface area contributed by atoms with Gasteiger partial charge in [0.1, 0.15) is 0 Å². The fraction of sp³-hybridized carbons (Fsp3) is 0.448. The normalized spacial score (nSPS) is 9.94. The molecule has 0 fully saturated rings. The molecule has 1 heterocycles. The molecule has 1 aromatic heterocycles. The first-order chi connectivity index (χ1) is 16.6. The topological polar surface area (TPSA) is 45.2 Å². The number of anilines is 2. The number of benzene rings is 2. The van der Waals surface area contributed by atoms with E-state index in [4.69, 9.17) is 0 Å². The number of fused-ring (bicyclic) bond motifs is 1. The van der Waals surface area contributed by atoms with Crippen LogP contribution in [0.1, 0.15) is 84.0 Å². The molecule has 0 aliphatic heterocycles. The molecule has 2 aromatic carbocycles. The summed E-state index contributed by atoms with van der Waals surface area (Å²) < 4.78 is 2.25. The Bertz CT molecular complexity index is 940. The standard InChI is InChI=1S/C21H23N3OS.C6H14.C2H6/c1-3-14-26-24(4-2)19-10-7-16(8-11-19)21(25)23-18-9-12-20-17(15-18)6-5-13-22-20;1-3-5-6-4-2;1-2/h5-13,15H,3-4,14H2,1-2H3,(H,23,25);3-6H2,1-2H3;1-2H3. The van der Waals surface area contributed by atoms with Crippen molar-refractivity contribution >= 4 is 40.1 Å². The van der Waals surface area contributed by atoms with E-state index in [1.54, 1.807) is 6.20 Å². The van der Waals surface area contributed by atoms with E-state index in [9.17, 15) is 4.79 Å². The molecule has 0 unspecified atom stereocenters. The van der Waals surface area contributed by atoms with Crippen LogP contribution in [0.15, 0.2) is 60.8 Å². The van der Waals surface area contributed by atoms with Crippen molar-refractivity contribution in [1.29, 1.82) is 0 Å². The van der Waals surface area contributed by atoms with Gasteiger partial charge >= 0.3 is 0 Å². The van der Waals surface area contributed by atoms with Crippen molar-refractivity contribution in [2.24, 2.45) is 0 Å². The monoisotopic (exact) mass is 481 g/mol. The van der Waals surface area contributed by atoms with Crippen LogP contribution < -0.4 is 9.62 Å². The van der Waals surface area contributed by atoms with Crippen LogP contribution in [0.2, 0.25) is 0 Å². The lowest BCUT2D eigenvalue weighted by molar-refractivity contribution is 0.102. The van der Waals surface area contributed by atoms with Crippen LogP contribution >= 0.6 is 11.9 Å². The van der Waals surface area contributed by atoms with E-state index in [1.165, 1.54) is 25.7 Å². The molecular formula is C29H43N3OS. The zero-order chi connectivity index (χ0) is 25.2. The molecule has 3 aromatic rings. The van der Waals surface area contributed by atoms with E-state index >= 15 is 0 Å². The summed E-state index contributed by atoms with van der Waals surface area (Å²) in [5, 5.41) is 3.97. The predicted molar refractivity (Wildman–Crippen MR) is 153 cm³/mol. The third-order valence-corrected chi connectivity index (χ3v) is 6.35. The molecule has 0 aliphatic rings. The molecular weight excluding hydrogens is 438 g/mol. The highest BCUT2D eigenvalue weighted by Crippen LogP contribution is 2.24. The first-order valence-electron chi connectivity index (χ1n) is 12.8. The lowest BCUT2D eigenvalue weighted by Crippen LogP contribution is -2.15. The summed E-state index contributed by atoms with van der Waals surface area (Å²) in [5.74, 6) is 0.983. The van der Waals surface area contributed by atoms with Crippen molar-refractivity contribution in [3.63, 3.8) is 0 Å². The van der Waals surface area contributed by atoms with Crippen molar-refractivity contribution in [1.82, 2.24) is 4.98 Å². The maximum absolute atomic E-state index is 12.5. The Morgan fingerprint density at radius 2 is 1.59 bits per heavy atom. The van der Waals surface area contributed by atoms with Gasteiger partial charge in [0, 0.05) is 40.8 Å². The van der Waals surface area contributed by atoms with Crippen molar-refractivity contribution in [2.45, 2.75) is 73.6 Å². The zero-order valence-corrected chi connectivity index (χ0v) is 22.8. The second-order valence-corrected chi connectivity index (χ2v) is 8.75. The van der Waals surface area contributed by atoms with Crippen LogP contribution in [-0.4, -0.2) is 23.2 Å². The van der Waals surface area contributed by atoms with Gasteiger partial charge in [-0.2, -0.15) is 0 Å². The molecule has 0 aliphatic carbocycles. The average Bonchev–Trinajstić information content (AvgIpc) is 2.89. The molecule has 5 heteroatoms. The number of carbonyl (C=O) groups is 1. The molecule has 34 heavy (non-hydrogen) atoms. The smallest absolute Gasteiger partial charge is 0.255 e. The van der Waals surface area contributed by atoms with Crippen LogP contribution in [0.5, 0.6) is 0 Å². The van der Waals surface area contributed by atoms with Crippen LogP contribution in [0.3, 0.4) is 0 Å². The number of rotatable bonds is 10. The minimum Gasteiger partial charge on any atom is -0.322 e. The summed E-state index contributed by atoms with van der Waals surface area (Å²) in [4.78, 5) is 16.8. The van der Waals surface area contributed by atoms with E-state index in [0.29, 0.717) is 5.56 Å². The van der Waals surface area contributed by atoms with Crippen LogP contribution in [0, 0.1) is 0 Å². The Hall–Kier alpha value is -2.53. The van der Waals surface area contributed by atoms with E-state index in [-0.39, 0.29) is 5.91 Å². The summed E-state index contributed by atoms with van der Waals surface area (Å²) in [6.45, 7) is 13.7. The molecule has 1 N–H and O–H groups in total. The Morgan fingerprint density at radius 3 is 2.18 bits per heavy atom. The lowest BCUT2D eigenvalue weighted by Gasteiger charge is -2.21. The van der Waals surface area contributed by atoms with Gasteiger partial charge in [0.05, 0.1) is 5.52 Å². The Kier molecular flexibility index (Phi) is 15.5. The summed E-state index contributed by atoms with van der Waals surface area (Å²) >= 11 is 1.82. The number of nitrogens with zero attached hydrogens (tertiary/aromatic N) is 2. The number of unbranched alkanes of at least 4 members (excludes halogenated alkanes) is 3. The Labute approximate surface area is 211 Å². The van der Waals surface area contributed by atoms with Gasteiger partial charge in [-0.05, 0) is 73.8 Å². The van der Waals surface area contributed by atoms with E-state index in [1.807, 2.05) is 80.4 Å². The van der Waals surface area contributed by atoms with Gasteiger partial charge in [-0.1, -0.05) is 66.4 Å². The Morgan fingerprint density at radius 1 is 0.912 bits per heavy atom. The quantitative estimate of drug-likeness (QED) is 0.232. The van der Waals surface area contributed by atoms with Gasteiger partial charge < -0.3 is 9.62 Å². The van der Waals surface area contributed by atoms with Crippen LogP contribution in [0.4, 0.5) is 11.4 Å². The highest BCUT2D eigenvalue weighted by molar-refractivity contribution is 8.00. The SMILES string of the molecule is CC.CCCCCC.CCCSN(CC)c1ccc(C(=O)Nc2ccc3ncccc3c2)cc1. The first kappa shape index (κ1) is 29.5. The van der Waals surface area contributed by atoms with Gasteiger partial charge in [0.25, 0.3) is 5.91 Å². The van der Waals surface area contributed by atoms with Gasteiger partial charge in [0.2, 0.25) is 0 Å². The van der Waals surface area contributed by atoms with Gasteiger partial charge in [0.15, 0.2) is 0 Å². The molecule has 1 amide bonds. The number of hydrogen-bond acceptors (Lipinski definition) is 4. The molecule has 0 radical (unpaired) electrons. The van der Waals surface area contributed by atoms with Gasteiger partial charge in [-0.15, -0.1) is 0 Å². The van der Waals surface area contributed by atoms with Gasteiger partial charge in [-0.25, -0.2) is 0 Å². The van der Waals surface area contributed by atoms with Gasteiger partial charge in [-0.3, -0.25) is 9.78 Å². The highest BCUT2D eigenvalue weighted by atomic mass is 32.2. The molecule has 186 valence electrons. The van der Waals surface area contributed by atoms with E-state index in [2.05, 4.69) is 42.3 Å². The van der Waals surface area contributed by atoms with E-state index in [0.717, 1.165) is 41.0 Å². The summed E-state index contributed by atoms with van der Waals surface area (Å²) in [6.07, 6.45) is 8.44. The van der Waals surface area contributed by atoms with Crippen molar-refractivity contribution in [3.05, 3.63) is 66.4 Å². The predicted octanol–water partition coefficient (Wildman–Crippen LogP) is 8.98. The zero-order valence-electron chi connectivity index (χ0n) is 21.9. The fourth-order valence-corrected chi connectivity index (χ4v) is 4.04. The van der Waals surface area contributed by atoms with Crippen molar-refractivity contribution in [3.8, 4) is 0 Å². The molecule has 0 saturated heterocycles. The third-order valence-electron chi connectivity index (χ3n) is 4.97. The van der Waals surface area contributed by atoms with Crippen molar-refractivity contribution in [2.75, 3.05) is 21.9 Å². The third kappa shape index (κ3) is 10.2. The molecule has 0 atom stereocenters. The minimum atomic E-state index is -0.107. The molecule has 3 rings (SSSR count). The Balaban J connectivity index is 0.000000631. The number of nitrogens with one attached hydrogen (secondary N) is 1. The second kappa shape index (κ2) is 17.9. The average molecular weight is 482 g/mol. The summed E-state index contributed by atoms with van der Waals surface area (Å²) in [6, 6.07) is 17.4. The number of aromatic nitrogens is 1. The molecule has 0 saturated carbocycles. The molecule has 0 bridgehead atoms. The molecule has 4 nitrogen and oxygen atoms in total. The largest absolute Gasteiger partial charge is 0.322 e. The minimum absolute atomic E-state index is 0.107. The highest BCUT2D eigenvalue weighted by Gasteiger charge is 2.09. The van der Waals surface area contributed by atoms with E-state index < -0.39 is 0 Å². The number of amides is 1. The summed E-state index contributed by atoms with van der Waals surface area (Å²) in [7, 11) is 0. The number of carbonyl (C=O) groups excluding carboxylic acids is 1. The van der Waals surface area contributed by atoms with Crippen LogP contribution in [0.25, 0.3) is 10.9 Å². The summed E-state index contributed by atoms with van der Waals surface area (Å²) in [5.41, 5.74) is 3.46. The molecule has 0 spiro atoms. The fourth-order valence-electron chi connectivity index (χ4n) is 3.19. The maximum atomic E-state index is 12.5. The number of hydrogen-bond donors (Lipinski definition) is 1. The van der Waals surface area contributed by atoms with Crippen LogP contribution in [-0.2, 0) is 0 Å². The first-order valence-corrected chi connectivity index (χ1v) is 13.7. The lowest BCUT2D eigenvalue weighted by atomic mass is 10.1.